The van der Waals surface area contributed by atoms with Crippen molar-refractivity contribution >= 4 is 16.0 Å². The molecule has 0 saturated heterocycles. The maximum atomic E-state index is 13.0. The van der Waals surface area contributed by atoms with Crippen molar-refractivity contribution < 1.29 is 27.4 Å². The monoisotopic (exact) mass is 393 g/mol. The Bertz CT molecular complexity index is 939. The van der Waals surface area contributed by atoms with Crippen LogP contribution in [0.3, 0.4) is 0 Å². The highest BCUT2D eigenvalue weighted by molar-refractivity contribution is 7.89. The van der Waals surface area contributed by atoms with Crippen LogP contribution >= 0.6 is 0 Å². The summed E-state index contributed by atoms with van der Waals surface area (Å²) < 4.78 is 42.4. The summed E-state index contributed by atoms with van der Waals surface area (Å²) in [5.74, 6) is 0.493. The van der Waals surface area contributed by atoms with E-state index in [-0.39, 0.29) is 17.0 Å². The number of hydrogen-bond acceptors (Lipinski definition) is 6. The van der Waals surface area contributed by atoms with Crippen LogP contribution < -0.4 is 9.47 Å². The first kappa shape index (κ1) is 20.7. The van der Waals surface area contributed by atoms with Gasteiger partial charge in [0.1, 0.15) is 0 Å². The molecule has 0 bridgehead atoms. The van der Waals surface area contributed by atoms with Crippen LogP contribution in [0.4, 0.5) is 0 Å². The van der Waals surface area contributed by atoms with E-state index in [2.05, 4.69) is 4.74 Å². The first-order valence-electron chi connectivity index (χ1n) is 8.10. The minimum atomic E-state index is -3.81. The zero-order valence-corrected chi connectivity index (χ0v) is 16.8. The fraction of sp³-hybridized carbons (Fsp3) is 0.316. The van der Waals surface area contributed by atoms with Gasteiger partial charge >= 0.3 is 5.97 Å². The van der Waals surface area contributed by atoms with Crippen molar-refractivity contribution in [2.45, 2.75) is 18.4 Å². The van der Waals surface area contributed by atoms with Gasteiger partial charge in [0.25, 0.3) is 0 Å². The van der Waals surface area contributed by atoms with Crippen molar-refractivity contribution in [3.05, 3.63) is 53.1 Å². The second kappa shape index (κ2) is 8.41. The van der Waals surface area contributed by atoms with Crippen LogP contribution in [0.2, 0.25) is 0 Å². The standard InChI is InChI=1S/C19H23NO6S/c1-13-6-8-15(19(21)26-5)11-18(13)27(22,23)20(2)12-14-7-9-16(24-3)17(10-14)25-4/h6-11H,12H2,1-5H3. The SMILES string of the molecule is COC(=O)c1ccc(C)c(S(=O)(=O)N(C)Cc2ccc(OC)c(OC)c2)c1. The molecule has 0 radical (unpaired) electrons. The number of hydrogen-bond donors (Lipinski definition) is 0. The molecule has 2 aromatic carbocycles. The third-order valence-electron chi connectivity index (χ3n) is 4.15. The van der Waals surface area contributed by atoms with Gasteiger partial charge in [-0.05, 0) is 42.3 Å². The highest BCUT2D eigenvalue weighted by Crippen LogP contribution is 2.29. The number of ether oxygens (including phenoxy) is 3. The van der Waals surface area contributed by atoms with E-state index in [0.717, 1.165) is 5.56 Å². The predicted molar refractivity (Wildman–Crippen MR) is 101 cm³/mol. The fourth-order valence-corrected chi connectivity index (χ4v) is 4.02. The highest BCUT2D eigenvalue weighted by atomic mass is 32.2. The Morgan fingerprint density at radius 2 is 1.67 bits per heavy atom. The van der Waals surface area contributed by atoms with E-state index < -0.39 is 16.0 Å². The van der Waals surface area contributed by atoms with Gasteiger partial charge in [-0.15, -0.1) is 0 Å². The molecular formula is C19H23NO6S. The lowest BCUT2D eigenvalue weighted by atomic mass is 10.1. The molecule has 0 N–H and O–H groups in total. The molecule has 0 amide bonds. The molecule has 27 heavy (non-hydrogen) atoms. The average Bonchev–Trinajstić information content (AvgIpc) is 2.67. The van der Waals surface area contributed by atoms with E-state index in [1.54, 1.807) is 31.2 Å². The zero-order valence-electron chi connectivity index (χ0n) is 16.0. The maximum Gasteiger partial charge on any atom is 0.337 e. The number of carbonyl (C=O) groups is 1. The summed E-state index contributed by atoms with van der Waals surface area (Å²) in [6.45, 7) is 1.81. The van der Waals surface area contributed by atoms with E-state index in [0.29, 0.717) is 17.1 Å². The van der Waals surface area contributed by atoms with Gasteiger partial charge in [-0.1, -0.05) is 12.1 Å². The van der Waals surface area contributed by atoms with Crippen LogP contribution in [-0.4, -0.2) is 47.1 Å². The summed E-state index contributed by atoms with van der Waals surface area (Å²) in [5.41, 5.74) is 1.46. The molecule has 7 nitrogen and oxygen atoms in total. The fourth-order valence-electron chi connectivity index (χ4n) is 2.61. The summed E-state index contributed by atoms with van der Waals surface area (Å²) in [6, 6.07) is 9.67. The van der Waals surface area contributed by atoms with Crippen molar-refractivity contribution in [1.29, 1.82) is 0 Å². The van der Waals surface area contributed by atoms with Crippen LogP contribution in [-0.2, 0) is 21.3 Å². The normalized spacial score (nSPS) is 11.3. The molecular weight excluding hydrogens is 370 g/mol. The number of aryl methyl sites for hydroxylation is 1. The van der Waals surface area contributed by atoms with Crippen molar-refractivity contribution in [2.75, 3.05) is 28.4 Å². The van der Waals surface area contributed by atoms with Crippen LogP contribution in [0.15, 0.2) is 41.3 Å². The molecule has 0 aliphatic heterocycles. The third kappa shape index (κ3) is 4.40. The molecule has 0 spiro atoms. The molecule has 0 heterocycles. The number of rotatable bonds is 7. The summed E-state index contributed by atoms with van der Waals surface area (Å²) in [7, 11) is 1.97. The Kier molecular flexibility index (Phi) is 6.45. The van der Waals surface area contributed by atoms with Gasteiger partial charge in [-0.25, -0.2) is 13.2 Å². The molecule has 0 aromatic heterocycles. The van der Waals surface area contributed by atoms with E-state index in [1.165, 1.54) is 44.8 Å². The smallest absolute Gasteiger partial charge is 0.337 e. The molecule has 0 unspecified atom stereocenters. The Labute approximate surface area is 159 Å². The molecule has 8 heteroatoms. The summed E-state index contributed by atoms with van der Waals surface area (Å²) in [4.78, 5) is 11.8. The summed E-state index contributed by atoms with van der Waals surface area (Å²) in [5, 5.41) is 0. The Balaban J connectivity index is 2.35. The van der Waals surface area contributed by atoms with Crippen LogP contribution in [0.1, 0.15) is 21.5 Å². The van der Waals surface area contributed by atoms with Gasteiger partial charge < -0.3 is 14.2 Å². The Hall–Kier alpha value is -2.58. The third-order valence-corrected chi connectivity index (χ3v) is 6.10. The summed E-state index contributed by atoms with van der Waals surface area (Å²) in [6.07, 6.45) is 0. The molecule has 146 valence electrons. The van der Waals surface area contributed by atoms with Crippen molar-refractivity contribution in [3.63, 3.8) is 0 Å². The van der Waals surface area contributed by atoms with Gasteiger partial charge in [-0.3, -0.25) is 0 Å². The van der Waals surface area contributed by atoms with Crippen molar-refractivity contribution in [3.8, 4) is 11.5 Å². The van der Waals surface area contributed by atoms with E-state index in [1.807, 2.05) is 0 Å². The number of benzene rings is 2. The molecule has 0 saturated carbocycles. The van der Waals surface area contributed by atoms with E-state index in [4.69, 9.17) is 9.47 Å². The predicted octanol–water partition coefficient (Wildman–Crippen LogP) is 2.62. The molecule has 2 rings (SSSR count). The molecule has 2 aromatic rings. The first-order chi connectivity index (χ1) is 12.7. The van der Waals surface area contributed by atoms with Crippen LogP contribution in [0.5, 0.6) is 11.5 Å². The molecule has 0 aliphatic carbocycles. The van der Waals surface area contributed by atoms with Crippen LogP contribution in [0, 0.1) is 6.92 Å². The van der Waals surface area contributed by atoms with E-state index >= 15 is 0 Å². The van der Waals surface area contributed by atoms with Gasteiger partial charge in [0.05, 0.1) is 31.8 Å². The number of methoxy groups -OCH3 is 3. The zero-order chi connectivity index (χ0) is 20.2. The average molecular weight is 393 g/mol. The highest BCUT2D eigenvalue weighted by Gasteiger charge is 2.24. The lowest BCUT2D eigenvalue weighted by Gasteiger charge is -2.20. The minimum absolute atomic E-state index is 0.0633. The molecule has 0 aliphatic rings. The maximum absolute atomic E-state index is 13.0. The Morgan fingerprint density at radius 1 is 1.00 bits per heavy atom. The molecule has 0 fully saturated rings. The van der Waals surface area contributed by atoms with Crippen molar-refractivity contribution in [1.82, 2.24) is 4.31 Å². The second-order valence-electron chi connectivity index (χ2n) is 5.92. The van der Waals surface area contributed by atoms with Crippen molar-refractivity contribution in [2.24, 2.45) is 0 Å². The second-order valence-corrected chi connectivity index (χ2v) is 7.94. The van der Waals surface area contributed by atoms with Gasteiger partial charge in [0, 0.05) is 13.6 Å². The molecule has 0 atom stereocenters. The lowest BCUT2D eigenvalue weighted by Crippen LogP contribution is -2.27. The largest absolute Gasteiger partial charge is 0.493 e. The van der Waals surface area contributed by atoms with Crippen LogP contribution in [0.25, 0.3) is 0 Å². The number of carbonyl (C=O) groups excluding carboxylic acids is 1. The lowest BCUT2D eigenvalue weighted by molar-refractivity contribution is 0.0600. The minimum Gasteiger partial charge on any atom is -0.493 e. The number of nitrogens with zero attached hydrogens (tertiary/aromatic N) is 1. The number of esters is 1. The Morgan fingerprint density at radius 3 is 2.26 bits per heavy atom. The summed E-state index contributed by atoms with van der Waals surface area (Å²) >= 11 is 0. The first-order valence-corrected chi connectivity index (χ1v) is 9.54. The topological polar surface area (TPSA) is 82.1 Å². The van der Waals surface area contributed by atoms with Gasteiger partial charge in [0.15, 0.2) is 11.5 Å². The quantitative estimate of drug-likeness (QED) is 0.673. The van der Waals surface area contributed by atoms with Gasteiger partial charge in [-0.2, -0.15) is 4.31 Å². The number of sulfonamides is 1. The van der Waals surface area contributed by atoms with E-state index in [9.17, 15) is 13.2 Å². The van der Waals surface area contributed by atoms with Gasteiger partial charge in [0.2, 0.25) is 10.0 Å².